The fourth-order valence-corrected chi connectivity index (χ4v) is 3.02. The molecule has 4 heteroatoms. The normalized spacial score (nSPS) is 21.0. The van der Waals surface area contributed by atoms with Crippen molar-refractivity contribution in [1.82, 2.24) is 10.3 Å². The van der Waals surface area contributed by atoms with E-state index in [-0.39, 0.29) is 11.2 Å². The topological polar surface area (TPSA) is 42.0 Å². The van der Waals surface area contributed by atoms with Gasteiger partial charge >= 0.3 is 0 Å². The molecule has 1 aromatic carbocycles. The highest BCUT2D eigenvalue weighted by molar-refractivity contribution is 6.30. The first-order valence-electron chi connectivity index (χ1n) is 7.52. The largest absolute Gasteiger partial charge is 0.316 e. The first-order valence-corrected chi connectivity index (χ1v) is 7.89. The van der Waals surface area contributed by atoms with Gasteiger partial charge in [-0.2, -0.15) is 0 Å². The predicted octanol–water partition coefficient (Wildman–Crippen LogP) is 3.41. The molecule has 3 rings (SSSR count). The van der Waals surface area contributed by atoms with E-state index in [9.17, 15) is 4.79 Å². The van der Waals surface area contributed by atoms with Gasteiger partial charge in [0, 0.05) is 24.6 Å². The number of nitrogens with one attached hydrogen (secondary N) is 1. The number of aromatic nitrogens is 1. The van der Waals surface area contributed by atoms with Crippen molar-refractivity contribution in [3.63, 3.8) is 0 Å². The van der Waals surface area contributed by atoms with Gasteiger partial charge in [0.15, 0.2) is 5.78 Å². The first kappa shape index (κ1) is 15.2. The number of ketones is 1. The van der Waals surface area contributed by atoms with Crippen LogP contribution in [0.3, 0.4) is 0 Å². The van der Waals surface area contributed by atoms with E-state index < -0.39 is 0 Å². The Morgan fingerprint density at radius 1 is 1.27 bits per heavy atom. The predicted molar refractivity (Wildman–Crippen MR) is 88.6 cm³/mol. The van der Waals surface area contributed by atoms with Crippen molar-refractivity contribution in [3.05, 3.63) is 64.4 Å². The van der Waals surface area contributed by atoms with Crippen LogP contribution in [0, 0.1) is 0 Å². The summed E-state index contributed by atoms with van der Waals surface area (Å²) in [4.78, 5) is 16.3. The SMILES string of the molecule is CC1(c2ccc(CC(=O)c3ccc(Cl)cn3)cc2)CCNC1. The second-order valence-corrected chi connectivity index (χ2v) is 6.58. The molecule has 2 aromatic rings. The highest BCUT2D eigenvalue weighted by atomic mass is 35.5. The minimum absolute atomic E-state index is 0.0122. The molecule has 2 heterocycles. The van der Waals surface area contributed by atoms with Gasteiger partial charge in [-0.1, -0.05) is 42.8 Å². The quantitative estimate of drug-likeness (QED) is 0.879. The van der Waals surface area contributed by atoms with Gasteiger partial charge in [0.05, 0.1) is 5.02 Å². The van der Waals surface area contributed by atoms with Crippen molar-refractivity contribution in [2.24, 2.45) is 0 Å². The molecule has 3 nitrogen and oxygen atoms in total. The molecule has 114 valence electrons. The van der Waals surface area contributed by atoms with E-state index in [0.717, 1.165) is 25.1 Å². The van der Waals surface area contributed by atoms with Crippen LogP contribution in [0.25, 0.3) is 0 Å². The second-order valence-electron chi connectivity index (χ2n) is 6.15. The van der Waals surface area contributed by atoms with Crippen LogP contribution in [0.5, 0.6) is 0 Å². The molecule has 0 spiro atoms. The van der Waals surface area contributed by atoms with Crippen molar-refractivity contribution in [2.75, 3.05) is 13.1 Å². The van der Waals surface area contributed by atoms with Crippen LogP contribution in [0.15, 0.2) is 42.6 Å². The molecular formula is C18H19ClN2O. The summed E-state index contributed by atoms with van der Waals surface area (Å²) >= 11 is 5.79. The van der Waals surface area contributed by atoms with Gasteiger partial charge in [-0.25, -0.2) is 0 Å². The molecule has 0 amide bonds. The summed E-state index contributed by atoms with van der Waals surface area (Å²) in [6.45, 7) is 4.36. The van der Waals surface area contributed by atoms with E-state index in [4.69, 9.17) is 11.6 Å². The van der Waals surface area contributed by atoms with E-state index in [1.165, 1.54) is 11.8 Å². The monoisotopic (exact) mass is 314 g/mol. The lowest BCUT2D eigenvalue weighted by molar-refractivity contribution is 0.0988. The Labute approximate surface area is 135 Å². The minimum atomic E-state index is 0.0122. The first-order chi connectivity index (χ1) is 10.6. The lowest BCUT2D eigenvalue weighted by Gasteiger charge is -2.23. The lowest BCUT2D eigenvalue weighted by Crippen LogP contribution is -2.24. The molecule has 1 saturated heterocycles. The minimum Gasteiger partial charge on any atom is -0.316 e. The fraction of sp³-hybridized carbons (Fsp3) is 0.333. The Morgan fingerprint density at radius 2 is 2.05 bits per heavy atom. The number of hydrogen-bond acceptors (Lipinski definition) is 3. The standard InChI is InChI=1S/C18H19ClN2O/c1-18(8-9-20-12-18)14-4-2-13(3-5-14)10-17(22)16-7-6-15(19)11-21-16/h2-7,11,20H,8-10,12H2,1H3. The second kappa shape index (κ2) is 6.19. The van der Waals surface area contributed by atoms with E-state index in [2.05, 4.69) is 29.4 Å². The Hall–Kier alpha value is -1.71. The maximum absolute atomic E-state index is 12.2. The summed E-state index contributed by atoms with van der Waals surface area (Å²) in [5.41, 5.74) is 3.01. The summed E-state index contributed by atoms with van der Waals surface area (Å²) in [5.74, 6) is 0.0122. The molecule has 1 aliphatic heterocycles. The van der Waals surface area contributed by atoms with E-state index in [1.54, 1.807) is 12.1 Å². The molecule has 1 fully saturated rings. The van der Waals surface area contributed by atoms with Crippen molar-refractivity contribution in [3.8, 4) is 0 Å². The molecular weight excluding hydrogens is 296 g/mol. The van der Waals surface area contributed by atoms with Crippen molar-refractivity contribution in [1.29, 1.82) is 0 Å². The zero-order valence-corrected chi connectivity index (χ0v) is 13.4. The average Bonchev–Trinajstić information content (AvgIpc) is 2.96. The van der Waals surface area contributed by atoms with Crippen molar-refractivity contribution in [2.45, 2.75) is 25.2 Å². The van der Waals surface area contributed by atoms with Crippen molar-refractivity contribution < 1.29 is 4.79 Å². The highest BCUT2D eigenvalue weighted by Gasteiger charge is 2.30. The number of halogens is 1. The van der Waals surface area contributed by atoms with E-state index in [1.807, 2.05) is 12.1 Å². The van der Waals surface area contributed by atoms with Crippen LogP contribution in [0.2, 0.25) is 5.02 Å². The molecule has 1 aliphatic rings. The number of Topliss-reactive ketones (excluding diaryl/α,β-unsaturated/α-hetero) is 1. The summed E-state index contributed by atoms with van der Waals surface area (Å²) in [6.07, 6.45) is 3.02. The molecule has 0 saturated carbocycles. The van der Waals surface area contributed by atoms with Gasteiger partial charge in [0.1, 0.15) is 5.69 Å². The number of pyridine rings is 1. The molecule has 0 bridgehead atoms. The van der Waals surface area contributed by atoms with Crippen LogP contribution in [0.4, 0.5) is 0 Å². The van der Waals surface area contributed by atoms with E-state index in [0.29, 0.717) is 17.1 Å². The zero-order valence-electron chi connectivity index (χ0n) is 12.6. The highest BCUT2D eigenvalue weighted by Crippen LogP contribution is 2.30. The number of carbonyl (C=O) groups is 1. The summed E-state index contributed by atoms with van der Waals surface area (Å²) in [7, 11) is 0. The maximum Gasteiger partial charge on any atom is 0.185 e. The fourth-order valence-electron chi connectivity index (χ4n) is 2.91. The Morgan fingerprint density at radius 3 is 2.64 bits per heavy atom. The molecule has 1 unspecified atom stereocenters. The Balaban J connectivity index is 1.71. The Bertz CT molecular complexity index is 658. The summed E-state index contributed by atoms with van der Waals surface area (Å²) in [6, 6.07) is 11.7. The molecule has 0 aliphatic carbocycles. The Kier molecular flexibility index (Phi) is 4.27. The van der Waals surface area contributed by atoms with Crippen LogP contribution < -0.4 is 5.32 Å². The number of hydrogen-bond donors (Lipinski definition) is 1. The van der Waals surface area contributed by atoms with Crippen LogP contribution in [0.1, 0.15) is 35.0 Å². The molecule has 0 radical (unpaired) electrons. The summed E-state index contributed by atoms with van der Waals surface area (Å²) in [5, 5.41) is 3.95. The molecule has 1 N–H and O–H groups in total. The van der Waals surface area contributed by atoms with Crippen molar-refractivity contribution >= 4 is 17.4 Å². The van der Waals surface area contributed by atoms with Crippen LogP contribution >= 0.6 is 11.6 Å². The lowest BCUT2D eigenvalue weighted by atomic mass is 9.81. The van der Waals surface area contributed by atoms with Gasteiger partial charge in [0.25, 0.3) is 0 Å². The number of nitrogens with zero attached hydrogens (tertiary/aromatic N) is 1. The third-order valence-corrected chi connectivity index (χ3v) is 4.62. The number of rotatable bonds is 4. The molecule has 1 aromatic heterocycles. The number of carbonyl (C=O) groups excluding carboxylic acids is 1. The van der Waals surface area contributed by atoms with Gasteiger partial charge in [-0.15, -0.1) is 0 Å². The van der Waals surface area contributed by atoms with Crippen LogP contribution in [-0.2, 0) is 11.8 Å². The van der Waals surface area contributed by atoms with E-state index >= 15 is 0 Å². The third kappa shape index (κ3) is 3.21. The smallest absolute Gasteiger partial charge is 0.185 e. The van der Waals surface area contributed by atoms with Gasteiger partial charge in [0.2, 0.25) is 0 Å². The van der Waals surface area contributed by atoms with Gasteiger partial charge < -0.3 is 5.32 Å². The third-order valence-electron chi connectivity index (χ3n) is 4.40. The van der Waals surface area contributed by atoms with Gasteiger partial charge in [-0.05, 0) is 36.2 Å². The number of benzene rings is 1. The average molecular weight is 315 g/mol. The molecule has 1 atom stereocenters. The maximum atomic E-state index is 12.2. The van der Waals surface area contributed by atoms with Gasteiger partial charge in [-0.3, -0.25) is 9.78 Å². The zero-order chi connectivity index (χ0) is 15.6. The summed E-state index contributed by atoms with van der Waals surface area (Å²) < 4.78 is 0. The van der Waals surface area contributed by atoms with Crippen LogP contribution in [-0.4, -0.2) is 23.9 Å². The molecule has 22 heavy (non-hydrogen) atoms.